The van der Waals surface area contributed by atoms with E-state index >= 15 is 0 Å². The molecule has 0 bridgehead atoms. The van der Waals surface area contributed by atoms with Gasteiger partial charge in [0.2, 0.25) is 5.91 Å². The number of ether oxygens (including phenoxy) is 1. The van der Waals surface area contributed by atoms with Gasteiger partial charge in [-0.25, -0.2) is 9.78 Å². The molecule has 3 aromatic heterocycles. The van der Waals surface area contributed by atoms with Crippen LogP contribution < -0.4 is 5.32 Å². The number of nitrogens with one attached hydrogen (secondary N) is 1. The van der Waals surface area contributed by atoms with Crippen LogP contribution in [0.5, 0.6) is 0 Å². The lowest BCUT2D eigenvalue weighted by atomic mass is 9.95. The van der Waals surface area contributed by atoms with E-state index in [9.17, 15) is 14.9 Å². The summed E-state index contributed by atoms with van der Waals surface area (Å²) in [6.07, 6.45) is 5.38. The molecule has 0 spiro atoms. The Morgan fingerprint density at radius 1 is 1.31 bits per heavy atom. The number of aromatic nitrogens is 1. The van der Waals surface area contributed by atoms with Crippen molar-refractivity contribution in [1.29, 1.82) is 5.26 Å². The maximum atomic E-state index is 12.7. The van der Waals surface area contributed by atoms with Gasteiger partial charge in [-0.2, -0.15) is 5.26 Å². The van der Waals surface area contributed by atoms with Crippen molar-refractivity contribution in [2.45, 2.75) is 37.6 Å². The summed E-state index contributed by atoms with van der Waals surface area (Å²) < 4.78 is 10.6. The van der Waals surface area contributed by atoms with Crippen molar-refractivity contribution in [2.75, 3.05) is 17.7 Å². The summed E-state index contributed by atoms with van der Waals surface area (Å²) in [6, 6.07) is 9.03. The number of nitrogens with zero attached hydrogens (tertiary/aromatic N) is 2. The molecule has 0 saturated heterocycles. The zero-order valence-corrected chi connectivity index (χ0v) is 19.1. The Hall–Kier alpha value is -3.09. The second-order valence-corrected chi connectivity index (χ2v) is 9.18. The van der Waals surface area contributed by atoms with E-state index < -0.39 is 5.97 Å². The number of anilines is 1. The van der Waals surface area contributed by atoms with Crippen molar-refractivity contribution in [2.24, 2.45) is 0 Å². The van der Waals surface area contributed by atoms with Crippen LogP contribution in [0.3, 0.4) is 0 Å². The van der Waals surface area contributed by atoms with E-state index in [-0.39, 0.29) is 18.3 Å². The molecule has 1 amide bonds. The molecule has 0 unspecified atom stereocenters. The minimum Gasteiger partial charge on any atom is -0.463 e. The standard InChI is InChI=1S/C23H21N3O4S2/c1-2-29-23(28)20-15-6-3-4-8-18(15)32-22(20)26-19(27)13-31-21-14(12-24)9-10-16(25-21)17-7-5-11-30-17/h5,7,9-11H,2-4,6,8,13H2,1H3,(H,26,27). The molecular formula is C23H21N3O4S2. The SMILES string of the molecule is CCOC(=O)c1c(NC(=O)CSc2nc(-c3ccco3)ccc2C#N)sc2c1CCCC2. The molecule has 0 atom stereocenters. The molecule has 0 aliphatic heterocycles. The highest BCUT2D eigenvalue weighted by atomic mass is 32.2. The predicted molar refractivity (Wildman–Crippen MR) is 123 cm³/mol. The second kappa shape index (κ2) is 10.0. The molecule has 7 nitrogen and oxygen atoms in total. The number of thioether (sulfide) groups is 1. The lowest BCUT2D eigenvalue weighted by Crippen LogP contribution is -2.17. The molecule has 0 fully saturated rings. The topological polar surface area (TPSA) is 105 Å². The van der Waals surface area contributed by atoms with Gasteiger partial charge in [0.1, 0.15) is 21.8 Å². The van der Waals surface area contributed by atoms with Crippen LogP contribution in [0.2, 0.25) is 0 Å². The summed E-state index contributed by atoms with van der Waals surface area (Å²) in [5, 5.41) is 13.3. The molecule has 9 heteroatoms. The third kappa shape index (κ3) is 4.71. The number of thiophene rings is 1. The maximum absolute atomic E-state index is 12.7. The third-order valence-electron chi connectivity index (χ3n) is 5.00. The van der Waals surface area contributed by atoms with Gasteiger partial charge < -0.3 is 14.5 Å². The zero-order chi connectivity index (χ0) is 22.5. The zero-order valence-electron chi connectivity index (χ0n) is 17.5. The Kier molecular flexibility index (Phi) is 6.93. The highest BCUT2D eigenvalue weighted by Gasteiger charge is 2.27. The minimum absolute atomic E-state index is 0.0497. The van der Waals surface area contributed by atoms with Crippen LogP contribution in [0.25, 0.3) is 11.5 Å². The average molecular weight is 468 g/mol. The molecule has 3 aromatic rings. The van der Waals surface area contributed by atoms with Gasteiger partial charge in [-0.15, -0.1) is 11.3 Å². The summed E-state index contributed by atoms with van der Waals surface area (Å²) in [5.41, 5.74) is 2.46. The fraction of sp³-hybridized carbons (Fsp3) is 0.304. The van der Waals surface area contributed by atoms with Crippen molar-refractivity contribution in [3.63, 3.8) is 0 Å². The van der Waals surface area contributed by atoms with E-state index in [0.29, 0.717) is 32.6 Å². The normalized spacial score (nSPS) is 12.6. The summed E-state index contributed by atoms with van der Waals surface area (Å²) >= 11 is 2.62. The molecule has 1 N–H and O–H groups in total. The fourth-order valence-corrected chi connectivity index (χ4v) is 5.63. The van der Waals surface area contributed by atoms with Crippen LogP contribution >= 0.6 is 23.1 Å². The van der Waals surface area contributed by atoms with Gasteiger partial charge >= 0.3 is 5.97 Å². The molecule has 0 aromatic carbocycles. The highest BCUT2D eigenvalue weighted by Crippen LogP contribution is 2.38. The molecule has 0 radical (unpaired) electrons. The van der Waals surface area contributed by atoms with Gasteiger partial charge in [-0.05, 0) is 62.4 Å². The molecule has 1 aliphatic carbocycles. The average Bonchev–Trinajstić information content (AvgIpc) is 3.45. The number of hydrogen-bond acceptors (Lipinski definition) is 8. The fourth-order valence-electron chi connectivity index (χ4n) is 3.57. The lowest BCUT2D eigenvalue weighted by molar-refractivity contribution is -0.113. The summed E-state index contributed by atoms with van der Waals surface area (Å²) in [6.45, 7) is 2.05. The van der Waals surface area contributed by atoms with Crippen molar-refractivity contribution in [3.05, 3.63) is 52.1 Å². The number of aryl methyl sites for hydroxylation is 1. The molecule has 1 aliphatic rings. The summed E-state index contributed by atoms with van der Waals surface area (Å²) in [7, 11) is 0. The summed E-state index contributed by atoms with van der Waals surface area (Å²) in [4.78, 5) is 30.9. The molecule has 164 valence electrons. The number of fused-ring (bicyclic) bond motifs is 1. The highest BCUT2D eigenvalue weighted by molar-refractivity contribution is 8.00. The Bertz CT molecular complexity index is 1180. The quantitative estimate of drug-likeness (QED) is 0.382. The van der Waals surface area contributed by atoms with Gasteiger partial charge in [0, 0.05) is 4.88 Å². The Balaban J connectivity index is 1.50. The van der Waals surface area contributed by atoms with Gasteiger partial charge in [0.05, 0.1) is 29.7 Å². The van der Waals surface area contributed by atoms with Crippen LogP contribution in [0, 0.1) is 11.3 Å². The first-order valence-corrected chi connectivity index (χ1v) is 12.1. The van der Waals surface area contributed by atoms with Crippen molar-refractivity contribution >= 4 is 40.0 Å². The summed E-state index contributed by atoms with van der Waals surface area (Å²) in [5.74, 6) is -0.0274. The predicted octanol–water partition coefficient (Wildman–Crippen LogP) is 5.06. The smallest absolute Gasteiger partial charge is 0.341 e. The van der Waals surface area contributed by atoms with Crippen LogP contribution in [0.4, 0.5) is 5.00 Å². The van der Waals surface area contributed by atoms with Gasteiger partial charge in [0.15, 0.2) is 5.76 Å². The maximum Gasteiger partial charge on any atom is 0.341 e. The van der Waals surface area contributed by atoms with E-state index in [4.69, 9.17) is 9.15 Å². The second-order valence-electron chi connectivity index (χ2n) is 7.11. The number of esters is 1. The Morgan fingerprint density at radius 3 is 2.91 bits per heavy atom. The monoisotopic (exact) mass is 467 g/mol. The first kappa shape index (κ1) is 22.1. The lowest BCUT2D eigenvalue weighted by Gasteiger charge is -2.12. The first-order valence-electron chi connectivity index (χ1n) is 10.3. The third-order valence-corrected chi connectivity index (χ3v) is 7.20. The minimum atomic E-state index is -0.394. The van der Waals surface area contributed by atoms with Crippen LogP contribution in [-0.2, 0) is 22.4 Å². The van der Waals surface area contributed by atoms with Crippen molar-refractivity contribution < 1.29 is 18.7 Å². The van der Waals surface area contributed by atoms with E-state index in [2.05, 4.69) is 16.4 Å². The Labute approximate surface area is 193 Å². The number of pyridine rings is 1. The molecule has 4 rings (SSSR count). The number of carbonyl (C=O) groups is 2. The molecule has 3 heterocycles. The number of amides is 1. The molecular weight excluding hydrogens is 446 g/mol. The number of rotatable bonds is 7. The molecule has 0 saturated carbocycles. The Morgan fingerprint density at radius 2 is 2.16 bits per heavy atom. The van der Waals surface area contributed by atoms with E-state index in [0.717, 1.165) is 36.1 Å². The molecule has 32 heavy (non-hydrogen) atoms. The van der Waals surface area contributed by atoms with E-state index in [1.165, 1.54) is 23.1 Å². The van der Waals surface area contributed by atoms with Crippen molar-refractivity contribution in [3.8, 4) is 17.5 Å². The number of hydrogen-bond donors (Lipinski definition) is 1. The van der Waals surface area contributed by atoms with Crippen LogP contribution in [0.1, 0.15) is 46.1 Å². The number of nitriles is 1. The number of furan rings is 1. The van der Waals surface area contributed by atoms with E-state index in [1.807, 2.05) is 0 Å². The van der Waals surface area contributed by atoms with Gasteiger partial charge in [-0.3, -0.25) is 4.79 Å². The van der Waals surface area contributed by atoms with Gasteiger partial charge in [0.25, 0.3) is 0 Å². The van der Waals surface area contributed by atoms with Crippen LogP contribution in [0.15, 0.2) is 40.0 Å². The van der Waals surface area contributed by atoms with Gasteiger partial charge in [-0.1, -0.05) is 11.8 Å². The van der Waals surface area contributed by atoms with E-state index in [1.54, 1.807) is 37.5 Å². The first-order chi connectivity index (χ1) is 15.6. The van der Waals surface area contributed by atoms with Crippen LogP contribution in [-0.4, -0.2) is 29.2 Å². The van der Waals surface area contributed by atoms with Crippen molar-refractivity contribution in [1.82, 2.24) is 4.98 Å². The number of carbonyl (C=O) groups excluding carboxylic acids is 2. The largest absolute Gasteiger partial charge is 0.463 e.